The van der Waals surface area contributed by atoms with Crippen LogP contribution < -0.4 is 5.73 Å². The van der Waals surface area contributed by atoms with Gasteiger partial charge < -0.3 is 24.8 Å². The molecular formula is C19H26N4O7S. The molecule has 0 bridgehead atoms. The van der Waals surface area contributed by atoms with Crippen molar-refractivity contribution < 1.29 is 33.4 Å². The van der Waals surface area contributed by atoms with Crippen molar-refractivity contribution in [2.24, 2.45) is 5.92 Å². The van der Waals surface area contributed by atoms with E-state index in [1.165, 1.54) is 6.20 Å². The molecule has 0 saturated carbocycles. The van der Waals surface area contributed by atoms with Gasteiger partial charge in [-0.05, 0) is 26.7 Å². The Hall–Kier alpha value is -2.89. The number of hydrogen-bond acceptors (Lipinski definition) is 11. The summed E-state index contributed by atoms with van der Waals surface area (Å²) in [5.41, 5.74) is 5.77. The van der Waals surface area contributed by atoms with E-state index in [0.29, 0.717) is 32.5 Å². The predicted octanol–water partition coefficient (Wildman–Crippen LogP) is 0.673. The number of nitrogens with two attached hydrogens (primary N) is 1. The molecule has 0 spiro atoms. The lowest BCUT2D eigenvalue weighted by atomic mass is 9.97. The SMILES string of the molecule is CCOC(=O)c1cnc(SCC(=O)OCC(=O)N2CCC(C(=O)OCC)CC2)nc1N. The number of esters is 3. The molecule has 1 aliphatic rings. The first-order valence-electron chi connectivity index (χ1n) is 9.88. The number of aromatic nitrogens is 2. The molecule has 170 valence electrons. The molecule has 1 fully saturated rings. The van der Waals surface area contributed by atoms with Crippen LogP contribution in [0.5, 0.6) is 0 Å². The van der Waals surface area contributed by atoms with Crippen molar-refractivity contribution in [3.63, 3.8) is 0 Å². The largest absolute Gasteiger partial charge is 0.466 e. The van der Waals surface area contributed by atoms with Crippen LogP contribution in [0, 0.1) is 5.92 Å². The van der Waals surface area contributed by atoms with Gasteiger partial charge in [0.2, 0.25) is 0 Å². The number of carbonyl (C=O) groups is 4. The van der Waals surface area contributed by atoms with Crippen LogP contribution in [0.15, 0.2) is 11.4 Å². The zero-order chi connectivity index (χ0) is 22.8. The van der Waals surface area contributed by atoms with Crippen LogP contribution >= 0.6 is 11.8 Å². The van der Waals surface area contributed by atoms with Crippen molar-refractivity contribution in [3.8, 4) is 0 Å². The van der Waals surface area contributed by atoms with Crippen molar-refractivity contribution >= 4 is 41.4 Å². The third-order valence-electron chi connectivity index (χ3n) is 4.43. The lowest BCUT2D eigenvalue weighted by Crippen LogP contribution is -2.42. The van der Waals surface area contributed by atoms with Gasteiger partial charge in [-0.15, -0.1) is 0 Å². The Bertz CT molecular complexity index is 812. The van der Waals surface area contributed by atoms with Gasteiger partial charge in [-0.3, -0.25) is 14.4 Å². The molecule has 12 heteroatoms. The molecule has 0 unspecified atom stereocenters. The average molecular weight is 455 g/mol. The number of likely N-dealkylation sites (tertiary alicyclic amines) is 1. The quantitative estimate of drug-likeness (QED) is 0.243. The molecule has 1 aromatic rings. The molecule has 1 saturated heterocycles. The fourth-order valence-electron chi connectivity index (χ4n) is 2.84. The van der Waals surface area contributed by atoms with Gasteiger partial charge in [0.15, 0.2) is 11.8 Å². The fraction of sp³-hybridized carbons (Fsp3) is 0.579. The molecule has 0 atom stereocenters. The molecule has 11 nitrogen and oxygen atoms in total. The maximum Gasteiger partial charge on any atom is 0.343 e. The molecule has 1 aliphatic heterocycles. The summed E-state index contributed by atoms with van der Waals surface area (Å²) >= 11 is 0.967. The maximum absolute atomic E-state index is 12.2. The van der Waals surface area contributed by atoms with Gasteiger partial charge in [0.1, 0.15) is 11.4 Å². The van der Waals surface area contributed by atoms with Gasteiger partial charge in [0.05, 0.1) is 24.9 Å². The van der Waals surface area contributed by atoms with Gasteiger partial charge in [-0.1, -0.05) is 11.8 Å². The Kier molecular flexibility index (Phi) is 9.50. The number of anilines is 1. The molecular weight excluding hydrogens is 428 g/mol. The van der Waals surface area contributed by atoms with Crippen molar-refractivity contribution in [2.45, 2.75) is 31.8 Å². The number of piperidine rings is 1. The van der Waals surface area contributed by atoms with Crippen LogP contribution in [0.2, 0.25) is 0 Å². The second kappa shape index (κ2) is 12.1. The van der Waals surface area contributed by atoms with Crippen LogP contribution in [0.1, 0.15) is 37.0 Å². The summed E-state index contributed by atoms with van der Waals surface area (Å²) in [6, 6.07) is 0. The summed E-state index contributed by atoms with van der Waals surface area (Å²) in [5.74, 6) is -2.18. The topological polar surface area (TPSA) is 151 Å². The number of nitrogens with zero attached hydrogens (tertiary/aromatic N) is 3. The number of nitrogen functional groups attached to an aromatic ring is 1. The molecule has 0 radical (unpaired) electrons. The average Bonchev–Trinajstić information content (AvgIpc) is 2.76. The monoisotopic (exact) mass is 454 g/mol. The first-order valence-corrected chi connectivity index (χ1v) is 10.9. The molecule has 31 heavy (non-hydrogen) atoms. The van der Waals surface area contributed by atoms with Crippen molar-refractivity contribution in [2.75, 3.05) is 44.4 Å². The normalized spacial score (nSPS) is 14.1. The highest BCUT2D eigenvalue weighted by atomic mass is 32.2. The number of thioether (sulfide) groups is 1. The highest BCUT2D eigenvalue weighted by Crippen LogP contribution is 2.19. The summed E-state index contributed by atoms with van der Waals surface area (Å²) in [7, 11) is 0. The molecule has 0 aromatic carbocycles. The highest BCUT2D eigenvalue weighted by Gasteiger charge is 2.28. The Labute approximate surface area is 184 Å². The molecule has 2 heterocycles. The second-order valence-corrected chi connectivity index (χ2v) is 7.47. The lowest BCUT2D eigenvalue weighted by Gasteiger charge is -2.30. The van der Waals surface area contributed by atoms with Crippen LogP contribution in [-0.4, -0.2) is 77.3 Å². The number of ether oxygens (including phenoxy) is 3. The van der Waals surface area contributed by atoms with E-state index >= 15 is 0 Å². The van der Waals surface area contributed by atoms with Crippen LogP contribution in [0.4, 0.5) is 5.82 Å². The molecule has 0 aliphatic carbocycles. The van der Waals surface area contributed by atoms with E-state index in [1.807, 2.05) is 0 Å². The zero-order valence-electron chi connectivity index (χ0n) is 17.5. The Balaban J connectivity index is 1.72. The van der Waals surface area contributed by atoms with Crippen molar-refractivity contribution in [1.82, 2.24) is 14.9 Å². The summed E-state index contributed by atoms with van der Waals surface area (Å²) in [4.78, 5) is 57.1. The first kappa shape index (κ1) is 24.4. The molecule has 1 amide bonds. The van der Waals surface area contributed by atoms with E-state index in [2.05, 4.69) is 9.97 Å². The van der Waals surface area contributed by atoms with Gasteiger partial charge >= 0.3 is 17.9 Å². The van der Waals surface area contributed by atoms with E-state index in [0.717, 1.165) is 11.8 Å². The van der Waals surface area contributed by atoms with E-state index < -0.39 is 11.9 Å². The zero-order valence-corrected chi connectivity index (χ0v) is 18.3. The van der Waals surface area contributed by atoms with Crippen LogP contribution in [-0.2, 0) is 28.6 Å². The number of hydrogen-bond donors (Lipinski definition) is 1. The van der Waals surface area contributed by atoms with E-state index in [-0.39, 0.29) is 53.3 Å². The van der Waals surface area contributed by atoms with Gasteiger partial charge in [-0.25, -0.2) is 14.8 Å². The first-order chi connectivity index (χ1) is 14.8. The maximum atomic E-state index is 12.2. The molecule has 1 aromatic heterocycles. The lowest BCUT2D eigenvalue weighted by molar-refractivity contribution is -0.153. The minimum absolute atomic E-state index is 0.0473. The summed E-state index contributed by atoms with van der Waals surface area (Å²) in [6.07, 6.45) is 2.28. The number of amides is 1. The van der Waals surface area contributed by atoms with Crippen molar-refractivity contribution in [1.29, 1.82) is 0 Å². The van der Waals surface area contributed by atoms with Gasteiger partial charge in [-0.2, -0.15) is 0 Å². The third kappa shape index (κ3) is 7.39. The minimum Gasteiger partial charge on any atom is -0.466 e. The number of carbonyl (C=O) groups excluding carboxylic acids is 4. The van der Waals surface area contributed by atoms with E-state index in [4.69, 9.17) is 19.9 Å². The highest BCUT2D eigenvalue weighted by molar-refractivity contribution is 7.99. The predicted molar refractivity (Wildman–Crippen MR) is 110 cm³/mol. The van der Waals surface area contributed by atoms with Gasteiger partial charge in [0, 0.05) is 19.3 Å². The number of rotatable bonds is 9. The third-order valence-corrected chi connectivity index (χ3v) is 5.27. The van der Waals surface area contributed by atoms with Crippen molar-refractivity contribution in [3.05, 3.63) is 11.8 Å². The standard InChI is InChI=1S/C19H26N4O7S/c1-3-28-17(26)12-5-7-23(8-6-12)14(24)10-30-15(25)11-31-19-21-9-13(16(20)22-19)18(27)29-4-2/h9,12H,3-8,10-11H2,1-2H3,(H2,20,21,22). The summed E-state index contributed by atoms with van der Waals surface area (Å²) in [5, 5.41) is 0.190. The summed E-state index contributed by atoms with van der Waals surface area (Å²) in [6.45, 7) is 4.39. The Morgan fingerprint density at radius 1 is 1.13 bits per heavy atom. The van der Waals surface area contributed by atoms with Crippen LogP contribution in [0.25, 0.3) is 0 Å². The Morgan fingerprint density at radius 2 is 1.81 bits per heavy atom. The molecule has 2 rings (SSSR count). The Morgan fingerprint density at radius 3 is 2.42 bits per heavy atom. The van der Waals surface area contributed by atoms with E-state index in [1.54, 1.807) is 18.7 Å². The smallest absolute Gasteiger partial charge is 0.343 e. The minimum atomic E-state index is -0.624. The fourth-order valence-corrected chi connectivity index (χ4v) is 3.46. The van der Waals surface area contributed by atoms with E-state index in [9.17, 15) is 19.2 Å². The molecule has 2 N–H and O–H groups in total. The van der Waals surface area contributed by atoms with Crippen LogP contribution in [0.3, 0.4) is 0 Å². The van der Waals surface area contributed by atoms with Gasteiger partial charge in [0.25, 0.3) is 5.91 Å². The second-order valence-electron chi connectivity index (χ2n) is 6.53. The summed E-state index contributed by atoms with van der Waals surface area (Å²) < 4.78 is 14.9.